The van der Waals surface area contributed by atoms with Crippen molar-refractivity contribution in [3.05, 3.63) is 76.9 Å². The van der Waals surface area contributed by atoms with Crippen LogP contribution in [0.25, 0.3) is 5.69 Å². The number of benzene rings is 2. The van der Waals surface area contributed by atoms with Crippen LogP contribution in [0, 0.1) is 0 Å². The molecule has 0 aliphatic rings. The number of anilines is 1. The summed E-state index contributed by atoms with van der Waals surface area (Å²) in [7, 11) is 0. The first kappa shape index (κ1) is 19.5. The van der Waals surface area contributed by atoms with Gasteiger partial charge in [0, 0.05) is 16.5 Å². The summed E-state index contributed by atoms with van der Waals surface area (Å²) in [6.45, 7) is 6.21. The second-order valence-corrected chi connectivity index (χ2v) is 8.19. The van der Waals surface area contributed by atoms with Gasteiger partial charge in [-0.3, -0.25) is 4.79 Å². The van der Waals surface area contributed by atoms with E-state index in [1.165, 1.54) is 0 Å². The van der Waals surface area contributed by atoms with Gasteiger partial charge in [0.25, 0.3) is 0 Å². The molecule has 6 heteroatoms. The van der Waals surface area contributed by atoms with E-state index < -0.39 is 5.38 Å². The van der Waals surface area contributed by atoms with Gasteiger partial charge in [-0.2, -0.15) is 5.10 Å². The first-order valence-electron chi connectivity index (χ1n) is 8.62. The monoisotopic (exact) mass is 401 g/mol. The number of halogens is 2. The number of hydrogen-bond donors (Lipinski definition) is 1. The Hall–Kier alpha value is -2.30. The highest BCUT2D eigenvalue weighted by Gasteiger charge is 2.24. The summed E-state index contributed by atoms with van der Waals surface area (Å²) in [6, 6.07) is 18.4. The minimum atomic E-state index is -0.794. The summed E-state index contributed by atoms with van der Waals surface area (Å²) in [4.78, 5) is 12.7. The Labute approximate surface area is 169 Å². The van der Waals surface area contributed by atoms with Gasteiger partial charge >= 0.3 is 0 Å². The number of nitrogens with one attached hydrogen (secondary N) is 1. The van der Waals surface area contributed by atoms with E-state index >= 15 is 0 Å². The molecule has 1 heterocycles. The second-order valence-electron chi connectivity index (χ2n) is 7.32. The van der Waals surface area contributed by atoms with E-state index in [9.17, 15) is 4.79 Å². The van der Waals surface area contributed by atoms with E-state index in [1.807, 2.05) is 48.5 Å². The van der Waals surface area contributed by atoms with Crippen molar-refractivity contribution >= 4 is 34.9 Å². The molecule has 0 radical (unpaired) electrons. The summed E-state index contributed by atoms with van der Waals surface area (Å²) < 4.78 is 1.70. The van der Waals surface area contributed by atoms with Crippen LogP contribution in [-0.2, 0) is 10.2 Å². The molecule has 0 aliphatic carbocycles. The Morgan fingerprint density at radius 2 is 1.70 bits per heavy atom. The largest absolute Gasteiger partial charge is 0.309 e. The average Bonchev–Trinajstić information content (AvgIpc) is 3.06. The molecule has 2 aromatic carbocycles. The van der Waals surface area contributed by atoms with E-state index in [0.717, 1.165) is 16.9 Å². The van der Waals surface area contributed by atoms with Crippen LogP contribution in [0.15, 0.2) is 60.7 Å². The van der Waals surface area contributed by atoms with Crippen LogP contribution in [0.4, 0.5) is 5.82 Å². The number of alkyl halides is 1. The number of amides is 1. The molecule has 1 unspecified atom stereocenters. The van der Waals surface area contributed by atoms with Gasteiger partial charge in [-0.25, -0.2) is 4.68 Å². The van der Waals surface area contributed by atoms with Crippen LogP contribution in [0.3, 0.4) is 0 Å². The third-order valence-corrected chi connectivity index (χ3v) is 4.82. The fraction of sp³-hybridized carbons (Fsp3) is 0.238. The van der Waals surface area contributed by atoms with Crippen molar-refractivity contribution in [3.8, 4) is 5.69 Å². The highest BCUT2D eigenvalue weighted by atomic mass is 35.5. The molecule has 0 saturated heterocycles. The van der Waals surface area contributed by atoms with E-state index in [0.29, 0.717) is 10.8 Å². The second kappa shape index (κ2) is 7.75. The van der Waals surface area contributed by atoms with E-state index in [-0.39, 0.29) is 11.3 Å². The molecule has 140 valence electrons. The summed E-state index contributed by atoms with van der Waals surface area (Å²) in [5, 5.41) is 7.44. The number of carbonyl (C=O) groups is 1. The van der Waals surface area contributed by atoms with Gasteiger partial charge in [0.2, 0.25) is 5.91 Å². The normalized spacial score (nSPS) is 12.6. The zero-order chi connectivity index (χ0) is 19.6. The van der Waals surface area contributed by atoms with Crippen molar-refractivity contribution in [2.75, 3.05) is 5.32 Å². The number of nitrogens with zero attached hydrogens (tertiary/aromatic N) is 2. The van der Waals surface area contributed by atoms with Crippen LogP contribution < -0.4 is 5.32 Å². The molecular formula is C21H21Cl2N3O. The van der Waals surface area contributed by atoms with E-state index in [4.69, 9.17) is 23.2 Å². The fourth-order valence-electron chi connectivity index (χ4n) is 2.58. The van der Waals surface area contributed by atoms with Crippen molar-refractivity contribution in [1.29, 1.82) is 0 Å². The van der Waals surface area contributed by atoms with Crippen molar-refractivity contribution in [2.45, 2.75) is 31.6 Å². The van der Waals surface area contributed by atoms with Crippen molar-refractivity contribution in [2.24, 2.45) is 0 Å². The molecule has 1 N–H and O–H groups in total. The lowest BCUT2D eigenvalue weighted by molar-refractivity contribution is -0.116. The first-order valence-corrected chi connectivity index (χ1v) is 9.43. The molecule has 0 bridgehead atoms. The summed E-state index contributed by atoms with van der Waals surface area (Å²) in [5.74, 6) is 0.257. The fourth-order valence-corrected chi connectivity index (χ4v) is 2.90. The maximum Gasteiger partial charge on any atom is 0.248 e. The molecule has 0 spiro atoms. The minimum Gasteiger partial charge on any atom is -0.309 e. The van der Waals surface area contributed by atoms with Gasteiger partial charge in [0.05, 0.1) is 11.4 Å². The number of carbonyl (C=O) groups excluding carboxylic acids is 1. The smallest absolute Gasteiger partial charge is 0.248 e. The SMILES string of the molecule is CC(C)(C)c1cc(NC(=O)C(Cl)c2ccccc2)n(-c2ccc(Cl)cc2)n1. The van der Waals surface area contributed by atoms with Gasteiger partial charge < -0.3 is 5.32 Å². The molecule has 4 nitrogen and oxygen atoms in total. The van der Waals surface area contributed by atoms with Crippen LogP contribution in [-0.4, -0.2) is 15.7 Å². The quantitative estimate of drug-likeness (QED) is 0.566. The Morgan fingerprint density at radius 3 is 2.30 bits per heavy atom. The Morgan fingerprint density at radius 1 is 1.07 bits per heavy atom. The minimum absolute atomic E-state index is 0.170. The lowest BCUT2D eigenvalue weighted by Crippen LogP contribution is -2.19. The zero-order valence-corrected chi connectivity index (χ0v) is 16.9. The molecule has 0 saturated carbocycles. The summed E-state index contributed by atoms with van der Waals surface area (Å²) in [6.07, 6.45) is 0. The maximum atomic E-state index is 12.7. The number of rotatable bonds is 4. The molecular weight excluding hydrogens is 381 g/mol. The predicted octanol–water partition coefficient (Wildman–Crippen LogP) is 5.74. The van der Waals surface area contributed by atoms with Crippen LogP contribution in [0.2, 0.25) is 5.02 Å². The summed E-state index contributed by atoms with van der Waals surface area (Å²) in [5.41, 5.74) is 2.23. The lowest BCUT2D eigenvalue weighted by atomic mass is 9.92. The molecule has 3 rings (SSSR count). The Bertz CT molecular complexity index is 928. The highest BCUT2D eigenvalue weighted by Crippen LogP contribution is 2.28. The van der Waals surface area contributed by atoms with Gasteiger partial charge in [-0.05, 0) is 29.8 Å². The maximum absolute atomic E-state index is 12.7. The van der Waals surface area contributed by atoms with Gasteiger partial charge in [-0.15, -0.1) is 11.6 Å². The Balaban J connectivity index is 1.95. The van der Waals surface area contributed by atoms with Crippen molar-refractivity contribution < 1.29 is 4.79 Å². The van der Waals surface area contributed by atoms with E-state index in [1.54, 1.807) is 16.8 Å². The number of aromatic nitrogens is 2. The highest BCUT2D eigenvalue weighted by molar-refractivity contribution is 6.32. The standard InChI is InChI=1S/C21H21Cl2N3O/c1-21(2,3)17-13-18(26(25-17)16-11-9-15(22)10-12-16)24-20(27)19(23)14-7-5-4-6-8-14/h4-13,19H,1-3H3,(H,24,27). The van der Waals surface area contributed by atoms with Crippen molar-refractivity contribution in [1.82, 2.24) is 9.78 Å². The molecule has 1 amide bonds. The van der Waals surface area contributed by atoms with E-state index in [2.05, 4.69) is 31.2 Å². The Kier molecular flexibility index (Phi) is 5.59. The van der Waals surface area contributed by atoms with Gasteiger partial charge in [0.15, 0.2) is 0 Å². The number of hydrogen-bond acceptors (Lipinski definition) is 2. The third kappa shape index (κ3) is 4.52. The molecule has 3 aromatic rings. The van der Waals surface area contributed by atoms with Crippen LogP contribution in [0.5, 0.6) is 0 Å². The first-order chi connectivity index (χ1) is 12.8. The molecule has 0 aliphatic heterocycles. The molecule has 0 fully saturated rings. The van der Waals surface area contributed by atoms with Crippen molar-refractivity contribution in [3.63, 3.8) is 0 Å². The van der Waals surface area contributed by atoms with Crippen LogP contribution in [0.1, 0.15) is 37.4 Å². The average molecular weight is 402 g/mol. The lowest BCUT2D eigenvalue weighted by Gasteiger charge is -2.14. The zero-order valence-electron chi connectivity index (χ0n) is 15.4. The molecule has 1 atom stereocenters. The summed E-state index contributed by atoms with van der Waals surface area (Å²) >= 11 is 12.4. The van der Waals surface area contributed by atoms with Crippen LogP contribution >= 0.6 is 23.2 Å². The van der Waals surface area contributed by atoms with Gasteiger partial charge in [0.1, 0.15) is 11.2 Å². The topological polar surface area (TPSA) is 46.9 Å². The molecule has 27 heavy (non-hydrogen) atoms. The third-order valence-electron chi connectivity index (χ3n) is 4.12. The molecule has 1 aromatic heterocycles. The van der Waals surface area contributed by atoms with Gasteiger partial charge in [-0.1, -0.05) is 62.7 Å². The predicted molar refractivity (Wildman–Crippen MR) is 111 cm³/mol.